The van der Waals surface area contributed by atoms with Crippen molar-refractivity contribution in [3.05, 3.63) is 98.5 Å². The number of fused-ring (bicyclic) bond motifs is 2. The van der Waals surface area contributed by atoms with Crippen molar-refractivity contribution in [1.29, 1.82) is 0 Å². The molecule has 4 N–H and O–H groups in total. The number of aromatic hydroxyl groups is 1. The molecule has 3 amide bonds. The summed E-state index contributed by atoms with van der Waals surface area (Å²) in [5.41, 5.74) is -0.894. The van der Waals surface area contributed by atoms with Crippen molar-refractivity contribution in [3.8, 4) is 5.75 Å². The molecule has 1 aromatic heterocycles. The summed E-state index contributed by atoms with van der Waals surface area (Å²) in [6.45, 7) is -0.529. The number of alkyl halides is 3. The normalized spacial score (nSPS) is 19.6. The molecular formula is C29H21F3N4O7S3. The Morgan fingerprint density at radius 3 is 2.33 bits per heavy atom. The van der Waals surface area contributed by atoms with E-state index in [4.69, 9.17) is 5.14 Å². The Hall–Kier alpha value is -4.45. The highest BCUT2D eigenvalue weighted by molar-refractivity contribution is 8.00. The quantitative estimate of drug-likeness (QED) is 0.257. The van der Waals surface area contributed by atoms with Gasteiger partial charge < -0.3 is 10.4 Å². The number of benzene rings is 3. The summed E-state index contributed by atoms with van der Waals surface area (Å²) < 4.78 is 64.6. The van der Waals surface area contributed by atoms with Crippen LogP contribution in [0.3, 0.4) is 0 Å². The third-order valence-electron chi connectivity index (χ3n) is 7.52. The predicted octanol–water partition coefficient (Wildman–Crippen LogP) is 3.72. The summed E-state index contributed by atoms with van der Waals surface area (Å²) in [7, 11) is -3.96. The second kappa shape index (κ2) is 11.4. The van der Waals surface area contributed by atoms with Gasteiger partial charge in [0.05, 0.1) is 27.1 Å². The average Bonchev–Trinajstić information content (AvgIpc) is 3.43. The van der Waals surface area contributed by atoms with Crippen LogP contribution in [0.4, 0.5) is 24.5 Å². The van der Waals surface area contributed by atoms with E-state index in [1.165, 1.54) is 42.5 Å². The molecule has 0 spiro atoms. The maximum Gasteiger partial charge on any atom is 0.416 e. The number of carbonyl (C=O) groups excluding carboxylic acids is 3. The van der Waals surface area contributed by atoms with E-state index in [1.54, 1.807) is 12.1 Å². The minimum Gasteiger partial charge on any atom is -0.508 e. The molecule has 0 bridgehead atoms. The number of hydrogen-bond acceptors (Lipinski definition) is 9. The van der Waals surface area contributed by atoms with Crippen molar-refractivity contribution in [1.82, 2.24) is 4.57 Å². The molecule has 17 heteroatoms. The Bertz CT molecular complexity index is 2080. The Balaban J connectivity index is 1.38. The molecule has 3 heterocycles. The van der Waals surface area contributed by atoms with E-state index in [2.05, 4.69) is 5.32 Å². The molecule has 0 aliphatic carbocycles. The van der Waals surface area contributed by atoms with E-state index >= 15 is 0 Å². The van der Waals surface area contributed by atoms with Crippen LogP contribution in [0.5, 0.6) is 5.75 Å². The fourth-order valence-corrected chi connectivity index (χ4v) is 8.77. The number of nitrogens with zero attached hydrogens (tertiary/aromatic N) is 2. The highest BCUT2D eigenvalue weighted by Gasteiger charge is 2.57. The first-order valence-electron chi connectivity index (χ1n) is 13.3. The van der Waals surface area contributed by atoms with Crippen LogP contribution in [0.2, 0.25) is 0 Å². The fraction of sp³-hybridized carbons (Fsp3) is 0.172. The zero-order chi connectivity index (χ0) is 33.1. The summed E-state index contributed by atoms with van der Waals surface area (Å²) in [4.78, 5) is 54.2. The van der Waals surface area contributed by atoms with Gasteiger partial charge in [-0.25, -0.2) is 18.5 Å². The van der Waals surface area contributed by atoms with Gasteiger partial charge in [-0.1, -0.05) is 47.4 Å². The summed E-state index contributed by atoms with van der Waals surface area (Å²) in [5, 5.41) is 17.4. The number of thioether (sulfide) groups is 1. The van der Waals surface area contributed by atoms with Gasteiger partial charge in [0.25, 0.3) is 0 Å². The maximum atomic E-state index is 13.9. The molecule has 0 radical (unpaired) electrons. The van der Waals surface area contributed by atoms with E-state index in [0.717, 1.165) is 39.8 Å². The Labute approximate surface area is 266 Å². The summed E-state index contributed by atoms with van der Waals surface area (Å²) in [5.74, 6) is -4.74. The van der Waals surface area contributed by atoms with E-state index in [1.807, 2.05) is 0 Å². The number of anilines is 2. The summed E-state index contributed by atoms with van der Waals surface area (Å²) >= 11 is 1.57. The van der Waals surface area contributed by atoms with Gasteiger partial charge in [0.1, 0.15) is 17.5 Å². The number of amides is 3. The second-order valence-electron chi connectivity index (χ2n) is 10.4. The van der Waals surface area contributed by atoms with Crippen LogP contribution in [-0.2, 0) is 37.1 Å². The monoisotopic (exact) mass is 690 g/mol. The Kier molecular flexibility index (Phi) is 7.82. The number of sulfonamides is 1. The molecule has 238 valence electrons. The predicted molar refractivity (Wildman–Crippen MR) is 162 cm³/mol. The number of phenols is 1. The van der Waals surface area contributed by atoms with Gasteiger partial charge in [0.2, 0.25) is 27.7 Å². The van der Waals surface area contributed by atoms with Gasteiger partial charge in [-0.3, -0.25) is 23.7 Å². The van der Waals surface area contributed by atoms with Crippen LogP contribution in [0.15, 0.2) is 87.5 Å². The number of imide groups is 1. The molecule has 2 aliphatic rings. The van der Waals surface area contributed by atoms with Gasteiger partial charge in [0.15, 0.2) is 0 Å². The number of primary sulfonamides is 1. The number of phenolic OH excluding ortho intramolecular Hbond substituents is 1. The van der Waals surface area contributed by atoms with Gasteiger partial charge in [-0.05, 0) is 48.5 Å². The molecule has 6 rings (SSSR count). The van der Waals surface area contributed by atoms with Crippen LogP contribution in [-0.4, -0.2) is 41.1 Å². The van der Waals surface area contributed by atoms with Crippen LogP contribution in [0.25, 0.3) is 0 Å². The zero-order valence-corrected chi connectivity index (χ0v) is 25.5. The Morgan fingerprint density at radius 1 is 0.978 bits per heavy atom. The first-order valence-corrected chi connectivity index (χ1v) is 16.6. The molecule has 3 atom stereocenters. The number of aromatic nitrogens is 1. The van der Waals surface area contributed by atoms with Gasteiger partial charge in [0, 0.05) is 22.0 Å². The smallest absolute Gasteiger partial charge is 0.416 e. The molecule has 46 heavy (non-hydrogen) atoms. The van der Waals surface area contributed by atoms with Gasteiger partial charge in [-0.15, -0.1) is 0 Å². The third-order valence-corrected chi connectivity index (χ3v) is 11.1. The lowest BCUT2D eigenvalue weighted by Crippen LogP contribution is -2.33. The first-order chi connectivity index (χ1) is 21.6. The van der Waals surface area contributed by atoms with E-state index in [0.29, 0.717) is 15.8 Å². The number of carbonyl (C=O) groups is 3. The number of hydrogen-bond donors (Lipinski definition) is 3. The zero-order valence-electron chi connectivity index (χ0n) is 23.1. The number of rotatable bonds is 6. The van der Waals surface area contributed by atoms with Crippen molar-refractivity contribution in [2.45, 2.75) is 33.8 Å². The molecule has 4 aromatic rings. The van der Waals surface area contributed by atoms with Crippen molar-refractivity contribution >= 4 is 62.2 Å². The van der Waals surface area contributed by atoms with Gasteiger partial charge >= 0.3 is 11.0 Å². The highest BCUT2D eigenvalue weighted by atomic mass is 32.2. The second-order valence-corrected chi connectivity index (χ2v) is 14.1. The van der Waals surface area contributed by atoms with Crippen LogP contribution in [0.1, 0.15) is 21.9 Å². The molecule has 11 nitrogen and oxygen atoms in total. The van der Waals surface area contributed by atoms with Gasteiger partial charge in [-0.2, -0.15) is 13.2 Å². The standard InChI is InChI=1S/C29H21F3N4O7S3/c30-29(31,32)14-4-3-5-16(12-14)36-25(39)22-21(18-6-1-2-7-19(18)37)24-27(44-23(22)26(36)40)35(28(41)45-24)13-20(38)34-15-8-10-17(11-9-15)46(33,42)43/h1-12,21-23,37H,13H2,(H,34,38)(H2,33,42,43). The SMILES string of the molecule is NS(=O)(=O)c1ccc(NC(=O)Cn2c3c(sc2=O)C(c2ccccc2O)C2C(=O)N(c4cccc(C(F)(F)F)c4)C(=O)C2S3)cc1. The molecule has 1 fully saturated rings. The number of halogens is 3. The van der Waals surface area contributed by atoms with Crippen LogP contribution in [0, 0.1) is 5.92 Å². The Morgan fingerprint density at radius 2 is 1.67 bits per heavy atom. The minimum absolute atomic E-state index is 0.176. The van der Waals surface area contributed by atoms with Crippen molar-refractivity contribution < 1.29 is 41.1 Å². The summed E-state index contributed by atoms with van der Waals surface area (Å²) in [6, 6.07) is 14.8. The fourth-order valence-electron chi connectivity index (χ4n) is 5.49. The lowest BCUT2D eigenvalue weighted by molar-refractivity contribution is -0.137. The lowest BCUT2D eigenvalue weighted by Gasteiger charge is -2.31. The van der Waals surface area contributed by atoms with E-state index in [9.17, 15) is 45.9 Å². The average molecular weight is 691 g/mol. The number of nitrogens with one attached hydrogen (secondary N) is 1. The number of thiazole rings is 1. The molecule has 3 aromatic carbocycles. The van der Waals surface area contributed by atoms with E-state index < -0.39 is 68.0 Å². The topological polar surface area (TPSA) is 169 Å². The number of para-hydroxylation sites is 1. The van der Waals surface area contributed by atoms with Crippen LogP contribution >= 0.6 is 23.1 Å². The third kappa shape index (κ3) is 5.59. The van der Waals surface area contributed by atoms with E-state index in [-0.39, 0.29) is 32.6 Å². The molecule has 1 saturated heterocycles. The summed E-state index contributed by atoms with van der Waals surface area (Å²) in [6.07, 6.45) is -4.73. The first kappa shape index (κ1) is 31.5. The highest BCUT2D eigenvalue weighted by Crippen LogP contribution is 2.55. The lowest BCUT2D eigenvalue weighted by atomic mass is 9.82. The molecular weight excluding hydrogens is 670 g/mol. The van der Waals surface area contributed by atoms with Crippen LogP contribution < -0.4 is 20.2 Å². The maximum absolute atomic E-state index is 13.9. The van der Waals surface area contributed by atoms with Crippen molar-refractivity contribution in [2.24, 2.45) is 11.1 Å². The molecule has 2 aliphatic heterocycles. The minimum atomic E-state index is -4.73. The number of nitrogens with two attached hydrogens (primary N) is 1. The van der Waals surface area contributed by atoms with Crippen molar-refractivity contribution in [3.63, 3.8) is 0 Å². The van der Waals surface area contributed by atoms with Crippen molar-refractivity contribution in [2.75, 3.05) is 10.2 Å². The molecule has 0 saturated carbocycles. The molecule has 3 unspecified atom stereocenters. The largest absolute Gasteiger partial charge is 0.508 e.